The molecule has 1 unspecified atom stereocenters. The van der Waals surface area contributed by atoms with Crippen LogP contribution in [0, 0.1) is 5.92 Å². The SMILES string of the molecule is CN(C)CCN(Cc1ccc(Cl)cc1)C(=O)C1CCCN(c2cnccn2)C1. The number of rotatable bonds is 7. The fourth-order valence-corrected chi connectivity index (χ4v) is 3.62. The quantitative estimate of drug-likeness (QED) is 0.714. The Bertz CT molecular complexity index is 753. The summed E-state index contributed by atoms with van der Waals surface area (Å²) in [6.45, 7) is 3.75. The number of aromatic nitrogens is 2. The molecule has 1 fully saturated rings. The van der Waals surface area contributed by atoms with Crippen molar-refractivity contribution in [2.75, 3.05) is 45.2 Å². The molecule has 28 heavy (non-hydrogen) atoms. The van der Waals surface area contributed by atoms with Gasteiger partial charge in [0.1, 0.15) is 5.82 Å². The normalized spacial score (nSPS) is 17.0. The standard InChI is InChI=1S/C21H28ClN5O/c1-25(2)12-13-27(15-17-5-7-19(22)8-6-17)21(28)18-4-3-11-26(16-18)20-14-23-9-10-24-20/h5-10,14,18H,3-4,11-13,15-16H2,1-2H3. The van der Waals surface area contributed by atoms with E-state index in [1.807, 2.05) is 43.3 Å². The van der Waals surface area contributed by atoms with Crippen LogP contribution in [0.25, 0.3) is 0 Å². The molecule has 1 aromatic heterocycles. The Morgan fingerprint density at radius 1 is 1.21 bits per heavy atom. The number of anilines is 1. The molecule has 0 N–H and O–H groups in total. The number of halogens is 1. The number of nitrogens with zero attached hydrogens (tertiary/aromatic N) is 5. The Hall–Kier alpha value is -2.18. The largest absolute Gasteiger partial charge is 0.355 e. The molecule has 2 heterocycles. The minimum Gasteiger partial charge on any atom is -0.355 e. The van der Waals surface area contributed by atoms with Gasteiger partial charge in [0.2, 0.25) is 5.91 Å². The summed E-state index contributed by atoms with van der Waals surface area (Å²) in [5.41, 5.74) is 1.10. The molecule has 150 valence electrons. The summed E-state index contributed by atoms with van der Waals surface area (Å²) in [5.74, 6) is 1.04. The van der Waals surface area contributed by atoms with Gasteiger partial charge in [0.15, 0.2) is 0 Å². The molecule has 0 spiro atoms. The maximum Gasteiger partial charge on any atom is 0.227 e. The first kappa shape index (κ1) is 20.6. The number of carbonyl (C=O) groups is 1. The lowest BCUT2D eigenvalue weighted by Crippen LogP contribution is -2.46. The molecule has 0 aliphatic carbocycles. The molecule has 1 atom stereocenters. The smallest absolute Gasteiger partial charge is 0.227 e. The number of hydrogen-bond donors (Lipinski definition) is 0. The van der Waals surface area contributed by atoms with Gasteiger partial charge in [-0.25, -0.2) is 4.98 Å². The third kappa shape index (κ3) is 5.66. The van der Waals surface area contributed by atoms with Crippen LogP contribution in [0.2, 0.25) is 5.02 Å². The maximum absolute atomic E-state index is 13.4. The van der Waals surface area contributed by atoms with E-state index in [2.05, 4.69) is 19.8 Å². The lowest BCUT2D eigenvalue weighted by Gasteiger charge is -2.35. The second-order valence-electron chi connectivity index (χ2n) is 7.54. The first-order chi connectivity index (χ1) is 13.5. The zero-order chi connectivity index (χ0) is 19.9. The lowest BCUT2D eigenvalue weighted by molar-refractivity contribution is -0.136. The second-order valence-corrected chi connectivity index (χ2v) is 7.97. The number of benzene rings is 1. The van der Waals surface area contributed by atoms with E-state index >= 15 is 0 Å². The summed E-state index contributed by atoms with van der Waals surface area (Å²) in [6, 6.07) is 7.74. The van der Waals surface area contributed by atoms with Crippen molar-refractivity contribution in [2.45, 2.75) is 19.4 Å². The maximum atomic E-state index is 13.4. The van der Waals surface area contributed by atoms with Crippen molar-refractivity contribution in [3.05, 3.63) is 53.4 Å². The first-order valence-corrected chi connectivity index (χ1v) is 10.1. The number of piperidine rings is 1. The van der Waals surface area contributed by atoms with E-state index in [4.69, 9.17) is 11.6 Å². The third-order valence-electron chi connectivity index (χ3n) is 5.06. The Balaban J connectivity index is 1.70. The summed E-state index contributed by atoms with van der Waals surface area (Å²) in [7, 11) is 4.06. The molecular weight excluding hydrogens is 374 g/mol. The summed E-state index contributed by atoms with van der Waals surface area (Å²) in [5, 5.41) is 0.710. The third-order valence-corrected chi connectivity index (χ3v) is 5.31. The minimum absolute atomic E-state index is 0.0229. The van der Waals surface area contributed by atoms with Gasteiger partial charge in [0, 0.05) is 50.1 Å². The molecule has 0 radical (unpaired) electrons. The Morgan fingerprint density at radius 3 is 2.68 bits per heavy atom. The summed E-state index contributed by atoms with van der Waals surface area (Å²) in [6.07, 6.45) is 7.03. The molecule has 1 aliphatic heterocycles. The molecule has 3 rings (SSSR count). The van der Waals surface area contributed by atoms with Gasteiger partial charge in [-0.2, -0.15) is 0 Å². The van der Waals surface area contributed by atoms with Crippen LogP contribution in [-0.2, 0) is 11.3 Å². The van der Waals surface area contributed by atoms with E-state index in [0.29, 0.717) is 24.7 Å². The van der Waals surface area contributed by atoms with E-state index in [9.17, 15) is 4.79 Å². The molecule has 1 amide bonds. The minimum atomic E-state index is -0.0229. The molecule has 2 aromatic rings. The van der Waals surface area contributed by atoms with Gasteiger partial charge in [-0.3, -0.25) is 9.78 Å². The molecule has 1 aromatic carbocycles. The van der Waals surface area contributed by atoms with Gasteiger partial charge in [-0.15, -0.1) is 0 Å². The van der Waals surface area contributed by atoms with E-state index in [1.54, 1.807) is 18.6 Å². The fourth-order valence-electron chi connectivity index (χ4n) is 3.50. The van der Waals surface area contributed by atoms with Crippen molar-refractivity contribution in [2.24, 2.45) is 5.92 Å². The Labute approximate surface area is 172 Å². The van der Waals surface area contributed by atoms with Gasteiger partial charge >= 0.3 is 0 Å². The van der Waals surface area contributed by atoms with Crippen LogP contribution >= 0.6 is 11.6 Å². The van der Waals surface area contributed by atoms with Gasteiger partial charge in [-0.05, 0) is 44.6 Å². The number of carbonyl (C=O) groups excluding carboxylic acids is 1. The fraction of sp³-hybridized carbons (Fsp3) is 0.476. The molecular formula is C21H28ClN5O. The predicted octanol–water partition coefficient (Wildman–Crippen LogP) is 2.94. The van der Waals surface area contributed by atoms with Crippen LogP contribution in [-0.4, -0.2) is 65.9 Å². The van der Waals surface area contributed by atoms with Crippen molar-refractivity contribution in [1.29, 1.82) is 0 Å². The van der Waals surface area contributed by atoms with Crippen molar-refractivity contribution in [3.63, 3.8) is 0 Å². The molecule has 0 saturated carbocycles. The van der Waals surface area contributed by atoms with Crippen molar-refractivity contribution >= 4 is 23.3 Å². The van der Waals surface area contributed by atoms with Crippen LogP contribution in [0.15, 0.2) is 42.9 Å². The zero-order valence-corrected chi connectivity index (χ0v) is 17.3. The number of likely N-dealkylation sites (N-methyl/N-ethyl adjacent to an activating group) is 1. The Kier molecular flexibility index (Phi) is 7.23. The van der Waals surface area contributed by atoms with Crippen LogP contribution in [0.4, 0.5) is 5.82 Å². The van der Waals surface area contributed by atoms with Crippen LogP contribution in [0.5, 0.6) is 0 Å². The van der Waals surface area contributed by atoms with Gasteiger partial charge in [0.25, 0.3) is 0 Å². The monoisotopic (exact) mass is 401 g/mol. The van der Waals surface area contributed by atoms with Crippen molar-refractivity contribution in [3.8, 4) is 0 Å². The van der Waals surface area contributed by atoms with Crippen LogP contribution in [0.1, 0.15) is 18.4 Å². The topological polar surface area (TPSA) is 52.6 Å². The van der Waals surface area contributed by atoms with E-state index < -0.39 is 0 Å². The summed E-state index contributed by atoms with van der Waals surface area (Å²) < 4.78 is 0. The van der Waals surface area contributed by atoms with Crippen LogP contribution in [0.3, 0.4) is 0 Å². The lowest BCUT2D eigenvalue weighted by atomic mass is 9.96. The van der Waals surface area contributed by atoms with E-state index in [-0.39, 0.29) is 11.8 Å². The first-order valence-electron chi connectivity index (χ1n) is 9.72. The Morgan fingerprint density at radius 2 is 2.00 bits per heavy atom. The highest BCUT2D eigenvalue weighted by atomic mass is 35.5. The molecule has 1 saturated heterocycles. The van der Waals surface area contributed by atoms with Gasteiger partial charge < -0.3 is 14.7 Å². The summed E-state index contributed by atoms with van der Waals surface area (Å²) in [4.78, 5) is 28.2. The second kappa shape index (κ2) is 9.85. The van der Waals surface area contributed by atoms with Crippen molar-refractivity contribution in [1.82, 2.24) is 19.8 Å². The average molecular weight is 402 g/mol. The van der Waals surface area contributed by atoms with Crippen LogP contribution < -0.4 is 4.90 Å². The average Bonchev–Trinajstić information content (AvgIpc) is 2.72. The number of hydrogen-bond acceptors (Lipinski definition) is 5. The number of amides is 1. The van der Waals surface area contributed by atoms with Gasteiger partial charge in [-0.1, -0.05) is 23.7 Å². The molecule has 6 nitrogen and oxygen atoms in total. The molecule has 7 heteroatoms. The van der Waals surface area contributed by atoms with Gasteiger partial charge in [0.05, 0.1) is 12.1 Å². The summed E-state index contributed by atoms with van der Waals surface area (Å²) >= 11 is 6.01. The highest BCUT2D eigenvalue weighted by molar-refractivity contribution is 6.30. The predicted molar refractivity (Wildman–Crippen MR) is 112 cm³/mol. The highest BCUT2D eigenvalue weighted by Crippen LogP contribution is 2.23. The van der Waals surface area contributed by atoms with E-state index in [1.165, 1.54) is 0 Å². The molecule has 1 aliphatic rings. The zero-order valence-electron chi connectivity index (χ0n) is 16.6. The van der Waals surface area contributed by atoms with Crippen molar-refractivity contribution < 1.29 is 4.79 Å². The molecule has 0 bridgehead atoms. The highest BCUT2D eigenvalue weighted by Gasteiger charge is 2.30. The van der Waals surface area contributed by atoms with E-state index in [0.717, 1.165) is 37.3 Å².